The molecular formula is C13H14ClNO3. The maximum Gasteiger partial charge on any atom is 0.337 e. The van der Waals surface area contributed by atoms with Crippen molar-refractivity contribution in [1.29, 1.82) is 0 Å². The number of rotatable bonds is 3. The van der Waals surface area contributed by atoms with E-state index in [9.17, 15) is 9.90 Å². The molecule has 1 atom stereocenters. The summed E-state index contributed by atoms with van der Waals surface area (Å²) in [6, 6.07) is 5.51. The van der Waals surface area contributed by atoms with Crippen LogP contribution in [0.4, 0.5) is 0 Å². The first-order valence-corrected chi connectivity index (χ1v) is 6.01. The summed E-state index contributed by atoms with van der Waals surface area (Å²) in [6.07, 6.45) is 0.0902. The van der Waals surface area contributed by atoms with Crippen molar-refractivity contribution in [2.75, 3.05) is 0 Å². The Bertz CT molecular complexity index is 604. The number of aromatic nitrogens is 1. The summed E-state index contributed by atoms with van der Waals surface area (Å²) in [5.74, 6) is -1.28. The van der Waals surface area contributed by atoms with Gasteiger partial charge in [0.15, 0.2) is 6.10 Å². The molecule has 2 aromatic rings. The van der Waals surface area contributed by atoms with Gasteiger partial charge in [-0.15, -0.1) is 0 Å². The highest BCUT2D eigenvalue weighted by molar-refractivity contribution is 6.35. The number of benzene rings is 1. The third-order valence-electron chi connectivity index (χ3n) is 2.92. The number of fused-ring (bicyclic) bond motifs is 1. The van der Waals surface area contributed by atoms with Crippen LogP contribution in [-0.2, 0) is 4.79 Å². The normalized spacial score (nSPS) is 13.2. The van der Waals surface area contributed by atoms with Gasteiger partial charge in [-0.05, 0) is 26.0 Å². The first-order valence-electron chi connectivity index (χ1n) is 5.63. The summed E-state index contributed by atoms with van der Waals surface area (Å²) in [6.45, 7) is 3.97. The highest BCUT2D eigenvalue weighted by Gasteiger charge is 2.23. The van der Waals surface area contributed by atoms with E-state index in [0.717, 1.165) is 5.52 Å². The fourth-order valence-electron chi connectivity index (χ4n) is 2.07. The van der Waals surface area contributed by atoms with Gasteiger partial charge in [0.1, 0.15) is 0 Å². The number of carbonyl (C=O) groups is 1. The molecule has 2 N–H and O–H groups in total. The molecule has 0 fully saturated rings. The van der Waals surface area contributed by atoms with Crippen LogP contribution < -0.4 is 0 Å². The van der Waals surface area contributed by atoms with Gasteiger partial charge in [-0.3, -0.25) is 0 Å². The van der Waals surface area contributed by atoms with Gasteiger partial charge in [-0.25, -0.2) is 4.79 Å². The summed E-state index contributed by atoms with van der Waals surface area (Å²) in [5, 5.41) is 19.7. The maximum absolute atomic E-state index is 10.9. The SMILES string of the molecule is CC(C)n1cc(C(O)C(=O)O)c2c(Cl)cccc21. The molecule has 0 spiro atoms. The summed E-state index contributed by atoms with van der Waals surface area (Å²) in [4.78, 5) is 10.9. The molecule has 1 aromatic heterocycles. The van der Waals surface area contributed by atoms with Crippen molar-refractivity contribution in [3.63, 3.8) is 0 Å². The Kier molecular flexibility index (Phi) is 3.32. The van der Waals surface area contributed by atoms with E-state index in [1.807, 2.05) is 24.5 Å². The van der Waals surface area contributed by atoms with Crippen molar-refractivity contribution < 1.29 is 15.0 Å². The van der Waals surface area contributed by atoms with Gasteiger partial charge in [-0.1, -0.05) is 17.7 Å². The van der Waals surface area contributed by atoms with Gasteiger partial charge in [0.05, 0.1) is 10.5 Å². The molecule has 1 unspecified atom stereocenters. The van der Waals surface area contributed by atoms with Gasteiger partial charge < -0.3 is 14.8 Å². The van der Waals surface area contributed by atoms with Crippen molar-refractivity contribution in [2.45, 2.75) is 26.0 Å². The van der Waals surface area contributed by atoms with Crippen LogP contribution in [0.2, 0.25) is 5.02 Å². The Morgan fingerprint density at radius 2 is 2.06 bits per heavy atom. The second kappa shape index (κ2) is 4.63. The van der Waals surface area contributed by atoms with E-state index >= 15 is 0 Å². The summed E-state index contributed by atoms with van der Waals surface area (Å²) in [7, 11) is 0. The Hall–Kier alpha value is -1.52. The zero-order chi connectivity index (χ0) is 13.4. The maximum atomic E-state index is 10.9. The highest BCUT2D eigenvalue weighted by Crippen LogP contribution is 2.34. The van der Waals surface area contributed by atoms with Crippen LogP contribution in [0.25, 0.3) is 10.9 Å². The van der Waals surface area contributed by atoms with E-state index < -0.39 is 12.1 Å². The monoisotopic (exact) mass is 267 g/mol. The molecule has 0 amide bonds. The third kappa shape index (κ3) is 1.98. The number of carboxylic acid groups (broad SMARTS) is 1. The minimum Gasteiger partial charge on any atom is -0.479 e. The molecule has 0 radical (unpaired) electrons. The molecule has 2 rings (SSSR count). The fraction of sp³-hybridized carbons (Fsp3) is 0.308. The molecule has 0 bridgehead atoms. The van der Waals surface area contributed by atoms with Crippen molar-refractivity contribution in [3.8, 4) is 0 Å². The molecule has 0 aliphatic carbocycles. The molecule has 0 saturated heterocycles. The second-order valence-electron chi connectivity index (χ2n) is 4.46. The molecule has 1 aromatic carbocycles. The van der Waals surface area contributed by atoms with E-state index in [4.69, 9.17) is 16.7 Å². The quantitative estimate of drug-likeness (QED) is 0.899. The van der Waals surface area contributed by atoms with Gasteiger partial charge in [0, 0.05) is 23.2 Å². The molecule has 1 heterocycles. The number of hydrogen-bond donors (Lipinski definition) is 2. The molecule has 96 valence electrons. The number of aliphatic hydroxyl groups is 1. The number of aliphatic hydroxyl groups excluding tert-OH is 1. The average Bonchev–Trinajstić information content (AvgIpc) is 2.68. The molecule has 18 heavy (non-hydrogen) atoms. The molecular weight excluding hydrogens is 254 g/mol. The Balaban J connectivity index is 2.78. The molecule has 0 aliphatic heterocycles. The largest absolute Gasteiger partial charge is 0.479 e. The van der Waals surface area contributed by atoms with Gasteiger partial charge >= 0.3 is 5.97 Å². The van der Waals surface area contributed by atoms with Crippen LogP contribution in [0.1, 0.15) is 31.6 Å². The summed E-state index contributed by atoms with van der Waals surface area (Å²) in [5.41, 5.74) is 1.16. The zero-order valence-electron chi connectivity index (χ0n) is 10.1. The van der Waals surface area contributed by atoms with Crippen LogP contribution in [0, 0.1) is 0 Å². The van der Waals surface area contributed by atoms with Crippen LogP contribution in [0.5, 0.6) is 0 Å². The van der Waals surface area contributed by atoms with Crippen LogP contribution >= 0.6 is 11.6 Å². The van der Waals surface area contributed by atoms with Crippen molar-refractivity contribution in [2.24, 2.45) is 0 Å². The van der Waals surface area contributed by atoms with Crippen LogP contribution in [0.3, 0.4) is 0 Å². The van der Waals surface area contributed by atoms with Crippen LogP contribution in [0.15, 0.2) is 24.4 Å². The van der Waals surface area contributed by atoms with Crippen molar-refractivity contribution in [1.82, 2.24) is 4.57 Å². The van der Waals surface area contributed by atoms with Gasteiger partial charge in [0.25, 0.3) is 0 Å². The van der Waals surface area contributed by atoms with Gasteiger partial charge in [-0.2, -0.15) is 0 Å². The first kappa shape index (κ1) is 12.9. The number of aliphatic carboxylic acids is 1. The summed E-state index contributed by atoms with van der Waals surface area (Å²) >= 11 is 6.11. The lowest BCUT2D eigenvalue weighted by Gasteiger charge is -2.08. The average molecular weight is 268 g/mol. The van der Waals surface area contributed by atoms with E-state index in [1.165, 1.54) is 0 Å². The second-order valence-corrected chi connectivity index (χ2v) is 4.87. The number of nitrogens with zero attached hydrogens (tertiary/aromatic N) is 1. The van der Waals surface area contributed by atoms with E-state index in [-0.39, 0.29) is 6.04 Å². The van der Waals surface area contributed by atoms with E-state index in [0.29, 0.717) is 16.0 Å². The molecule has 0 saturated carbocycles. The lowest BCUT2D eigenvalue weighted by molar-refractivity contribution is -0.146. The predicted molar refractivity (Wildman–Crippen MR) is 69.9 cm³/mol. The fourth-order valence-corrected chi connectivity index (χ4v) is 2.34. The minimum atomic E-state index is -1.56. The number of halogens is 1. The summed E-state index contributed by atoms with van der Waals surface area (Å²) < 4.78 is 1.91. The minimum absolute atomic E-state index is 0.153. The Morgan fingerprint density at radius 3 is 2.61 bits per heavy atom. The predicted octanol–water partition coefficient (Wildman–Crippen LogP) is 2.99. The zero-order valence-corrected chi connectivity index (χ0v) is 10.8. The van der Waals surface area contributed by atoms with Crippen molar-refractivity contribution in [3.05, 3.63) is 35.0 Å². The molecule has 0 aliphatic rings. The molecule has 4 nitrogen and oxygen atoms in total. The standard InChI is InChI=1S/C13H14ClNO3/c1-7(2)15-6-8(12(16)13(17)18)11-9(14)4-3-5-10(11)15/h3-7,12,16H,1-2H3,(H,17,18). The van der Waals surface area contributed by atoms with Crippen molar-refractivity contribution >= 4 is 28.5 Å². The highest BCUT2D eigenvalue weighted by atomic mass is 35.5. The smallest absolute Gasteiger partial charge is 0.337 e. The van der Waals surface area contributed by atoms with Crippen LogP contribution in [-0.4, -0.2) is 20.7 Å². The van der Waals surface area contributed by atoms with Gasteiger partial charge in [0.2, 0.25) is 0 Å². The lowest BCUT2D eigenvalue weighted by Crippen LogP contribution is -2.10. The Morgan fingerprint density at radius 1 is 1.39 bits per heavy atom. The third-order valence-corrected chi connectivity index (χ3v) is 3.24. The van der Waals surface area contributed by atoms with E-state index in [1.54, 1.807) is 18.3 Å². The Labute approximate surface area is 109 Å². The molecule has 5 heteroatoms. The van der Waals surface area contributed by atoms with E-state index in [2.05, 4.69) is 0 Å². The number of carboxylic acids is 1. The lowest BCUT2D eigenvalue weighted by atomic mass is 10.1. The first-order chi connectivity index (χ1) is 8.43. The topological polar surface area (TPSA) is 62.5 Å². The number of hydrogen-bond acceptors (Lipinski definition) is 2.